The first-order valence-electron chi connectivity index (χ1n) is 6.20. The summed E-state index contributed by atoms with van der Waals surface area (Å²) in [6, 6.07) is 0. The number of hydrogen-bond donors (Lipinski definition) is 1. The van der Waals surface area contributed by atoms with Gasteiger partial charge >= 0.3 is 0 Å². The number of aliphatic hydroxyl groups is 1. The van der Waals surface area contributed by atoms with Gasteiger partial charge in [-0.05, 0) is 31.1 Å². The van der Waals surface area contributed by atoms with Gasteiger partial charge in [0.05, 0.1) is 5.60 Å². The predicted octanol–water partition coefficient (Wildman–Crippen LogP) is 3.90. The maximum Gasteiger partial charge on any atom is 0.0653 e. The van der Waals surface area contributed by atoms with Crippen molar-refractivity contribution in [3.8, 4) is 0 Å². The summed E-state index contributed by atoms with van der Waals surface area (Å²) in [5, 5.41) is 10.3. The summed E-state index contributed by atoms with van der Waals surface area (Å²) >= 11 is 0. The van der Waals surface area contributed by atoms with Gasteiger partial charge in [-0.25, -0.2) is 0 Å². The fourth-order valence-corrected chi connectivity index (χ4v) is 2.73. The minimum absolute atomic E-state index is 0.322. The van der Waals surface area contributed by atoms with E-state index < -0.39 is 0 Å². The molecular formula is C13H26O. The lowest BCUT2D eigenvalue weighted by Gasteiger charge is -2.25. The van der Waals surface area contributed by atoms with E-state index >= 15 is 0 Å². The number of unbranched alkanes of at least 4 members (excludes halogenated alkanes) is 3. The molecule has 0 saturated heterocycles. The van der Waals surface area contributed by atoms with Gasteiger partial charge in [0.2, 0.25) is 0 Å². The average Bonchev–Trinajstić information content (AvgIpc) is 2.36. The first-order chi connectivity index (χ1) is 6.47. The summed E-state index contributed by atoms with van der Waals surface area (Å²) in [5.74, 6) is 0. The Morgan fingerprint density at radius 1 is 1.07 bits per heavy atom. The monoisotopic (exact) mass is 198 g/mol. The van der Waals surface area contributed by atoms with Crippen LogP contribution in [0, 0.1) is 5.41 Å². The highest BCUT2D eigenvalue weighted by molar-refractivity contribution is 4.93. The molecule has 1 atom stereocenters. The molecule has 0 bridgehead atoms. The molecular weight excluding hydrogens is 172 g/mol. The lowest BCUT2D eigenvalue weighted by molar-refractivity contribution is 0.0264. The van der Waals surface area contributed by atoms with Crippen molar-refractivity contribution in [3.05, 3.63) is 0 Å². The highest BCUT2D eigenvalue weighted by Gasteiger charge is 2.40. The topological polar surface area (TPSA) is 20.2 Å². The highest BCUT2D eigenvalue weighted by Crippen LogP contribution is 2.45. The molecule has 0 aromatic rings. The number of hydrogen-bond acceptors (Lipinski definition) is 1. The smallest absolute Gasteiger partial charge is 0.0653 e. The van der Waals surface area contributed by atoms with Crippen molar-refractivity contribution < 1.29 is 5.11 Å². The molecule has 0 aliphatic heterocycles. The molecule has 0 radical (unpaired) electrons. The zero-order valence-electron chi connectivity index (χ0n) is 10.1. The summed E-state index contributed by atoms with van der Waals surface area (Å²) in [7, 11) is 0. The third-order valence-corrected chi connectivity index (χ3v) is 3.57. The molecule has 1 saturated carbocycles. The Balaban J connectivity index is 2.23. The molecule has 1 aliphatic rings. The van der Waals surface area contributed by atoms with Crippen LogP contribution in [0.5, 0.6) is 0 Å². The van der Waals surface area contributed by atoms with Crippen molar-refractivity contribution in [1.82, 2.24) is 0 Å². The Hall–Kier alpha value is -0.0400. The second-order valence-electron chi connectivity index (χ2n) is 5.88. The van der Waals surface area contributed by atoms with Crippen LogP contribution in [0.15, 0.2) is 0 Å². The fourth-order valence-electron chi connectivity index (χ4n) is 2.73. The lowest BCUT2D eigenvalue weighted by Crippen LogP contribution is -2.25. The van der Waals surface area contributed by atoms with E-state index in [0.717, 1.165) is 19.3 Å². The maximum atomic E-state index is 10.3. The zero-order valence-corrected chi connectivity index (χ0v) is 10.1. The Morgan fingerprint density at radius 2 is 1.79 bits per heavy atom. The van der Waals surface area contributed by atoms with Gasteiger partial charge in [0.25, 0.3) is 0 Å². The quantitative estimate of drug-likeness (QED) is 0.664. The van der Waals surface area contributed by atoms with Crippen LogP contribution in [0.2, 0.25) is 0 Å². The Kier molecular flexibility index (Phi) is 4.00. The van der Waals surface area contributed by atoms with Crippen LogP contribution in [0.3, 0.4) is 0 Å². The molecule has 84 valence electrons. The molecule has 14 heavy (non-hydrogen) atoms. The van der Waals surface area contributed by atoms with Crippen LogP contribution in [-0.4, -0.2) is 10.7 Å². The minimum atomic E-state index is -0.322. The van der Waals surface area contributed by atoms with Crippen LogP contribution in [-0.2, 0) is 0 Å². The van der Waals surface area contributed by atoms with E-state index in [0.29, 0.717) is 5.41 Å². The largest absolute Gasteiger partial charge is 0.390 e. The summed E-state index contributed by atoms with van der Waals surface area (Å²) in [6.07, 6.45) is 9.34. The molecule has 1 heteroatoms. The first kappa shape index (κ1) is 12.0. The van der Waals surface area contributed by atoms with Crippen LogP contribution in [0.25, 0.3) is 0 Å². The summed E-state index contributed by atoms with van der Waals surface area (Å²) < 4.78 is 0. The summed E-state index contributed by atoms with van der Waals surface area (Å²) in [5.41, 5.74) is 0.0523. The normalized spacial score (nSPS) is 30.9. The Bertz CT molecular complexity index is 174. The van der Waals surface area contributed by atoms with Gasteiger partial charge in [-0.3, -0.25) is 0 Å². The molecule has 1 N–H and O–H groups in total. The van der Waals surface area contributed by atoms with Crippen molar-refractivity contribution >= 4 is 0 Å². The standard InChI is InChI=1S/C13H26O/c1-4-5-6-7-8-13(14)10-9-12(2,3)11-13/h14H,4-11H2,1-3H3. The van der Waals surface area contributed by atoms with Gasteiger partial charge in [-0.15, -0.1) is 0 Å². The van der Waals surface area contributed by atoms with Crippen LogP contribution in [0.1, 0.15) is 72.1 Å². The van der Waals surface area contributed by atoms with E-state index in [4.69, 9.17) is 0 Å². The van der Waals surface area contributed by atoms with E-state index in [1.54, 1.807) is 0 Å². The van der Waals surface area contributed by atoms with Crippen molar-refractivity contribution in [3.63, 3.8) is 0 Å². The van der Waals surface area contributed by atoms with Gasteiger partial charge in [0.15, 0.2) is 0 Å². The van der Waals surface area contributed by atoms with Crippen molar-refractivity contribution in [1.29, 1.82) is 0 Å². The molecule has 0 aromatic heterocycles. The molecule has 0 spiro atoms. The highest BCUT2D eigenvalue weighted by atomic mass is 16.3. The van der Waals surface area contributed by atoms with Gasteiger partial charge in [-0.2, -0.15) is 0 Å². The van der Waals surface area contributed by atoms with Crippen LogP contribution in [0.4, 0.5) is 0 Å². The molecule has 1 aliphatic carbocycles. The molecule has 0 heterocycles. The van der Waals surface area contributed by atoms with Gasteiger partial charge in [0.1, 0.15) is 0 Å². The predicted molar refractivity (Wildman–Crippen MR) is 61.3 cm³/mol. The van der Waals surface area contributed by atoms with Crippen molar-refractivity contribution in [2.75, 3.05) is 0 Å². The SMILES string of the molecule is CCCCCCC1(O)CCC(C)(C)C1. The zero-order chi connectivity index (χ0) is 10.7. The third-order valence-electron chi connectivity index (χ3n) is 3.57. The summed E-state index contributed by atoms with van der Waals surface area (Å²) in [4.78, 5) is 0. The van der Waals surface area contributed by atoms with Crippen molar-refractivity contribution in [2.45, 2.75) is 77.7 Å². The molecule has 0 amide bonds. The van der Waals surface area contributed by atoms with E-state index in [1.165, 1.54) is 32.1 Å². The Morgan fingerprint density at radius 3 is 2.29 bits per heavy atom. The van der Waals surface area contributed by atoms with E-state index in [-0.39, 0.29) is 5.60 Å². The van der Waals surface area contributed by atoms with Crippen molar-refractivity contribution in [2.24, 2.45) is 5.41 Å². The Labute approximate surface area is 88.9 Å². The average molecular weight is 198 g/mol. The minimum Gasteiger partial charge on any atom is -0.390 e. The first-order valence-corrected chi connectivity index (χ1v) is 6.20. The van der Waals surface area contributed by atoms with Gasteiger partial charge < -0.3 is 5.11 Å². The van der Waals surface area contributed by atoms with E-state index in [2.05, 4.69) is 20.8 Å². The second-order valence-corrected chi connectivity index (χ2v) is 5.88. The molecule has 1 rings (SSSR count). The maximum absolute atomic E-state index is 10.3. The molecule has 0 aromatic carbocycles. The molecule has 1 unspecified atom stereocenters. The number of rotatable bonds is 5. The molecule has 1 nitrogen and oxygen atoms in total. The van der Waals surface area contributed by atoms with E-state index in [9.17, 15) is 5.11 Å². The third kappa shape index (κ3) is 3.61. The van der Waals surface area contributed by atoms with Gasteiger partial charge in [-0.1, -0.05) is 46.5 Å². The fraction of sp³-hybridized carbons (Fsp3) is 1.00. The van der Waals surface area contributed by atoms with Crippen LogP contribution < -0.4 is 0 Å². The summed E-state index contributed by atoms with van der Waals surface area (Å²) in [6.45, 7) is 6.78. The van der Waals surface area contributed by atoms with Gasteiger partial charge in [0, 0.05) is 0 Å². The molecule has 1 fully saturated rings. The lowest BCUT2D eigenvalue weighted by atomic mass is 9.87. The van der Waals surface area contributed by atoms with Crippen LogP contribution >= 0.6 is 0 Å². The second kappa shape index (κ2) is 4.65. The van der Waals surface area contributed by atoms with E-state index in [1.807, 2.05) is 0 Å².